The van der Waals surface area contributed by atoms with E-state index in [-0.39, 0.29) is 25.1 Å². The highest BCUT2D eigenvalue weighted by Crippen LogP contribution is 2.24. The summed E-state index contributed by atoms with van der Waals surface area (Å²) in [6.07, 6.45) is -0.626. The number of hydrogen-bond acceptors (Lipinski definition) is 6. The number of benzene rings is 1. The van der Waals surface area contributed by atoms with Crippen LogP contribution < -0.4 is 0 Å². The summed E-state index contributed by atoms with van der Waals surface area (Å²) in [5.41, 5.74) is 0. The molecule has 0 spiro atoms. The summed E-state index contributed by atoms with van der Waals surface area (Å²) in [5, 5.41) is 19.3. The molecule has 1 amide bonds. The molecule has 26 heavy (non-hydrogen) atoms. The lowest BCUT2D eigenvalue weighted by Gasteiger charge is -2.25. The number of hydrogen-bond donors (Lipinski definition) is 2. The van der Waals surface area contributed by atoms with Crippen LogP contribution >= 0.6 is 11.8 Å². The summed E-state index contributed by atoms with van der Waals surface area (Å²) in [6.45, 7) is 1.18. The number of furan rings is 1. The van der Waals surface area contributed by atoms with Gasteiger partial charge in [0.25, 0.3) is 5.91 Å². The maximum Gasteiger partial charge on any atom is 0.289 e. The van der Waals surface area contributed by atoms with Gasteiger partial charge in [0.1, 0.15) is 5.76 Å². The number of aliphatic hydroxyl groups excluding tert-OH is 2. The molecule has 6 nitrogen and oxygen atoms in total. The van der Waals surface area contributed by atoms with Crippen LogP contribution in [0.25, 0.3) is 0 Å². The Morgan fingerprint density at radius 1 is 1.27 bits per heavy atom. The molecule has 0 radical (unpaired) electrons. The highest BCUT2D eigenvalue weighted by atomic mass is 32.2. The lowest BCUT2D eigenvalue weighted by molar-refractivity contribution is 0.0730. The SMILES string of the molecule is CN(CCO)[C@@H]1CN(C(=O)c2ccc(CSc3ccccc3)o2)C[C@H]1O. The van der Waals surface area contributed by atoms with Crippen molar-refractivity contribution in [2.45, 2.75) is 22.8 Å². The van der Waals surface area contributed by atoms with Gasteiger partial charge < -0.3 is 19.5 Å². The van der Waals surface area contributed by atoms with Crippen molar-refractivity contribution in [3.8, 4) is 0 Å². The first-order chi connectivity index (χ1) is 12.6. The van der Waals surface area contributed by atoms with Crippen molar-refractivity contribution in [3.05, 3.63) is 54.0 Å². The smallest absolute Gasteiger partial charge is 0.289 e. The Hall–Kier alpha value is -1.80. The van der Waals surface area contributed by atoms with Crippen LogP contribution in [0, 0.1) is 0 Å². The van der Waals surface area contributed by atoms with Crippen molar-refractivity contribution in [1.29, 1.82) is 0 Å². The van der Waals surface area contributed by atoms with E-state index in [1.807, 2.05) is 48.3 Å². The number of carbonyl (C=O) groups is 1. The molecule has 0 unspecified atom stereocenters. The summed E-state index contributed by atoms with van der Waals surface area (Å²) in [6, 6.07) is 13.4. The van der Waals surface area contributed by atoms with Crippen molar-refractivity contribution in [2.24, 2.45) is 0 Å². The second-order valence-corrected chi connectivity index (χ2v) is 7.47. The zero-order chi connectivity index (χ0) is 18.5. The van der Waals surface area contributed by atoms with Crippen LogP contribution in [0.5, 0.6) is 0 Å². The van der Waals surface area contributed by atoms with E-state index in [9.17, 15) is 9.90 Å². The van der Waals surface area contributed by atoms with Gasteiger partial charge in [0.15, 0.2) is 5.76 Å². The molecule has 0 aliphatic carbocycles. The first-order valence-electron chi connectivity index (χ1n) is 8.63. The van der Waals surface area contributed by atoms with E-state index < -0.39 is 6.10 Å². The van der Waals surface area contributed by atoms with Crippen LogP contribution in [-0.2, 0) is 5.75 Å². The summed E-state index contributed by atoms with van der Waals surface area (Å²) >= 11 is 1.65. The lowest BCUT2D eigenvalue weighted by atomic mass is 10.2. The largest absolute Gasteiger partial charge is 0.455 e. The fourth-order valence-corrected chi connectivity index (χ4v) is 3.90. The van der Waals surface area contributed by atoms with Crippen LogP contribution in [0.3, 0.4) is 0 Å². The number of carbonyl (C=O) groups excluding carboxylic acids is 1. The molecule has 0 bridgehead atoms. The molecule has 2 atom stereocenters. The van der Waals surface area contributed by atoms with E-state index in [1.54, 1.807) is 22.7 Å². The number of thioether (sulfide) groups is 1. The summed E-state index contributed by atoms with van der Waals surface area (Å²) in [7, 11) is 1.84. The number of aliphatic hydroxyl groups is 2. The van der Waals surface area contributed by atoms with Crippen molar-refractivity contribution in [3.63, 3.8) is 0 Å². The molecule has 2 aromatic rings. The number of nitrogens with zero attached hydrogens (tertiary/aromatic N) is 2. The zero-order valence-electron chi connectivity index (χ0n) is 14.7. The van der Waals surface area contributed by atoms with E-state index in [0.29, 0.717) is 24.6 Å². The molecule has 1 aromatic heterocycles. The van der Waals surface area contributed by atoms with E-state index >= 15 is 0 Å². The van der Waals surface area contributed by atoms with Gasteiger partial charge in [-0.25, -0.2) is 0 Å². The third kappa shape index (κ3) is 4.48. The Balaban J connectivity index is 1.58. The standard InChI is InChI=1S/C19H24N2O4S/c1-20(9-10-22)16-11-21(12-17(16)23)19(24)18-8-7-14(25-18)13-26-15-5-3-2-4-6-15/h2-8,16-17,22-23H,9-13H2,1H3/t16-,17-/m1/s1. The molecular formula is C19H24N2O4S. The Bertz CT molecular complexity index is 721. The van der Waals surface area contributed by atoms with Gasteiger partial charge in [-0.05, 0) is 31.3 Å². The Morgan fingerprint density at radius 2 is 2.04 bits per heavy atom. The normalized spacial score (nSPS) is 20.1. The Kier molecular flexibility index (Phi) is 6.37. The first-order valence-corrected chi connectivity index (χ1v) is 9.62. The molecule has 2 heterocycles. The second kappa shape index (κ2) is 8.73. The lowest BCUT2D eigenvalue weighted by Crippen LogP contribution is -2.42. The van der Waals surface area contributed by atoms with Gasteiger partial charge in [-0.15, -0.1) is 11.8 Å². The van der Waals surface area contributed by atoms with Gasteiger partial charge in [0.2, 0.25) is 0 Å². The van der Waals surface area contributed by atoms with Crippen LogP contribution in [0.1, 0.15) is 16.3 Å². The minimum atomic E-state index is -0.626. The van der Waals surface area contributed by atoms with Crippen LogP contribution in [0.15, 0.2) is 51.8 Å². The fourth-order valence-electron chi connectivity index (χ4n) is 3.09. The van der Waals surface area contributed by atoms with Gasteiger partial charge in [0.05, 0.1) is 24.5 Å². The second-order valence-electron chi connectivity index (χ2n) is 6.42. The molecular weight excluding hydrogens is 352 g/mol. The maximum absolute atomic E-state index is 12.7. The predicted octanol–water partition coefficient (Wildman–Crippen LogP) is 1.68. The zero-order valence-corrected chi connectivity index (χ0v) is 15.6. The summed E-state index contributed by atoms with van der Waals surface area (Å²) < 4.78 is 5.71. The number of β-amino-alcohol motifs (C(OH)–C–C–N with tert-alkyl or cyclic N) is 1. The van der Waals surface area contributed by atoms with Crippen molar-refractivity contribution < 1.29 is 19.4 Å². The number of rotatable bonds is 7. The van der Waals surface area contributed by atoms with Gasteiger partial charge in [-0.1, -0.05) is 18.2 Å². The molecule has 1 aliphatic heterocycles. The average molecular weight is 376 g/mol. The predicted molar refractivity (Wildman–Crippen MR) is 100 cm³/mol. The molecule has 140 valence electrons. The third-order valence-corrected chi connectivity index (χ3v) is 5.60. The highest BCUT2D eigenvalue weighted by molar-refractivity contribution is 7.98. The number of amides is 1. The van der Waals surface area contributed by atoms with Gasteiger partial charge in [0, 0.05) is 24.5 Å². The molecule has 1 saturated heterocycles. The molecule has 1 aliphatic rings. The Labute approximate surface area is 157 Å². The maximum atomic E-state index is 12.7. The highest BCUT2D eigenvalue weighted by Gasteiger charge is 2.37. The van der Waals surface area contributed by atoms with Crippen molar-refractivity contribution >= 4 is 17.7 Å². The quantitative estimate of drug-likeness (QED) is 0.716. The summed E-state index contributed by atoms with van der Waals surface area (Å²) in [5.74, 6) is 1.49. The van der Waals surface area contributed by atoms with Crippen molar-refractivity contribution in [2.75, 3.05) is 33.3 Å². The van der Waals surface area contributed by atoms with Gasteiger partial charge >= 0.3 is 0 Å². The van der Waals surface area contributed by atoms with Crippen LogP contribution in [-0.4, -0.2) is 71.4 Å². The fraction of sp³-hybridized carbons (Fsp3) is 0.421. The van der Waals surface area contributed by atoms with E-state index in [0.717, 1.165) is 10.7 Å². The topological polar surface area (TPSA) is 77.2 Å². The molecule has 1 aromatic carbocycles. The van der Waals surface area contributed by atoms with Crippen LogP contribution in [0.2, 0.25) is 0 Å². The minimum Gasteiger partial charge on any atom is -0.455 e. The molecule has 1 fully saturated rings. The molecule has 2 N–H and O–H groups in total. The van der Waals surface area contributed by atoms with E-state index in [2.05, 4.69) is 0 Å². The van der Waals surface area contributed by atoms with Crippen LogP contribution in [0.4, 0.5) is 0 Å². The molecule has 7 heteroatoms. The number of likely N-dealkylation sites (N-methyl/N-ethyl adjacent to an activating group) is 1. The van der Waals surface area contributed by atoms with Crippen molar-refractivity contribution in [1.82, 2.24) is 9.80 Å². The molecule has 3 rings (SSSR count). The van der Waals surface area contributed by atoms with E-state index in [1.165, 1.54) is 0 Å². The minimum absolute atomic E-state index is 0.0221. The van der Waals surface area contributed by atoms with Gasteiger partial charge in [-0.2, -0.15) is 0 Å². The number of likely N-dealkylation sites (tertiary alicyclic amines) is 1. The van der Waals surface area contributed by atoms with Gasteiger partial charge in [-0.3, -0.25) is 9.69 Å². The molecule has 0 saturated carbocycles. The average Bonchev–Trinajstić information content (AvgIpc) is 3.27. The first kappa shape index (κ1) is 19.0. The Morgan fingerprint density at radius 3 is 2.77 bits per heavy atom. The third-order valence-electron chi connectivity index (χ3n) is 4.56. The van der Waals surface area contributed by atoms with E-state index in [4.69, 9.17) is 9.52 Å². The monoisotopic (exact) mass is 376 g/mol. The summed E-state index contributed by atoms with van der Waals surface area (Å²) in [4.78, 5) is 17.3.